The minimum atomic E-state index is -1.16. The first-order valence-corrected chi connectivity index (χ1v) is 2.54. The zero-order valence-electron chi connectivity index (χ0n) is 7.79. The molecule has 0 aromatic rings. The van der Waals surface area contributed by atoms with E-state index >= 15 is 0 Å². The number of hydrogen-bond donors (Lipinski definition) is 1. The summed E-state index contributed by atoms with van der Waals surface area (Å²) in [5, 5.41) is 8.01. The average molecular weight is 158 g/mol. The van der Waals surface area contributed by atoms with E-state index in [-0.39, 0.29) is 32.5 Å². The average Bonchev–Trinajstić information content (AvgIpc) is 1.63. The molecule has 0 radical (unpaired) electrons. The fourth-order valence-electron chi connectivity index (χ4n) is 0.335. The van der Waals surface area contributed by atoms with E-state index in [0.29, 0.717) is 0 Å². The maximum Gasteiger partial charge on any atom is 2.00 e. The smallest absolute Gasteiger partial charge is 1.00 e. The van der Waals surface area contributed by atoms with E-state index in [0.717, 1.165) is 0 Å². The van der Waals surface area contributed by atoms with Gasteiger partial charge in [0.1, 0.15) is 6.42 Å². The number of hydrogen-bond acceptors (Lipinski definition) is 3. The van der Waals surface area contributed by atoms with Crippen molar-refractivity contribution in [2.24, 2.45) is 0 Å². The van der Waals surface area contributed by atoms with E-state index in [2.05, 4.69) is 4.74 Å². The third kappa shape index (κ3) is 7.71. The minimum absolute atomic E-state index is 0. The van der Waals surface area contributed by atoms with Gasteiger partial charge in [-0.3, -0.25) is 9.59 Å². The molecule has 5 heteroatoms. The van der Waals surface area contributed by atoms with E-state index in [1.54, 1.807) is 6.92 Å². The van der Waals surface area contributed by atoms with Crippen LogP contribution >= 0.6 is 0 Å². The van der Waals surface area contributed by atoms with Crippen LogP contribution < -0.4 is 0 Å². The Morgan fingerprint density at radius 2 is 2.10 bits per heavy atom. The first-order chi connectivity index (χ1) is 4.16. The standard InChI is InChI=1S/C5H8O4.Mg.2H/c1-2-9-5(8)3-4(6)7;;;/h2-3H2,1H3,(H,6,7);;;/q;+2;2*-1. The molecule has 0 fully saturated rings. The largest absolute Gasteiger partial charge is 2.00 e. The molecule has 0 amide bonds. The van der Waals surface area contributed by atoms with Gasteiger partial charge in [-0.05, 0) is 6.92 Å². The maximum absolute atomic E-state index is 10.3. The van der Waals surface area contributed by atoms with E-state index < -0.39 is 18.4 Å². The number of carbonyl (C=O) groups excluding carboxylic acids is 1. The Kier molecular flexibility index (Phi) is 8.45. The maximum atomic E-state index is 10.3. The van der Waals surface area contributed by atoms with Gasteiger partial charge < -0.3 is 12.7 Å². The third-order valence-electron chi connectivity index (χ3n) is 0.601. The summed E-state index contributed by atoms with van der Waals surface area (Å²) >= 11 is 0. The quantitative estimate of drug-likeness (QED) is 0.353. The number of carboxylic acid groups (broad SMARTS) is 1. The van der Waals surface area contributed by atoms with E-state index in [1.807, 2.05) is 0 Å². The first kappa shape index (κ1) is 12.4. The Morgan fingerprint density at radius 1 is 1.60 bits per heavy atom. The molecule has 4 nitrogen and oxygen atoms in total. The molecule has 10 heavy (non-hydrogen) atoms. The summed E-state index contributed by atoms with van der Waals surface area (Å²) in [6, 6.07) is 0. The second kappa shape index (κ2) is 6.82. The number of carbonyl (C=O) groups is 2. The van der Waals surface area contributed by atoms with Crippen LogP contribution in [0.5, 0.6) is 0 Å². The van der Waals surface area contributed by atoms with Gasteiger partial charge in [0.2, 0.25) is 0 Å². The summed E-state index contributed by atoms with van der Waals surface area (Å²) in [7, 11) is 0. The van der Waals surface area contributed by atoms with Gasteiger partial charge in [-0.1, -0.05) is 0 Å². The third-order valence-corrected chi connectivity index (χ3v) is 0.601. The van der Waals surface area contributed by atoms with Crippen molar-refractivity contribution >= 4 is 35.0 Å². The molecule has 0 atom stereocenters. The number of esters is 1. The summed E-state index contributed by atoms with van der Waals surface area (Å²) in [5.74, 6) is -1.85. The van der Waals surface area contributed by atoms with Crippen molar-refractivity contribution in [3.63, 3.8) is 0 Å². The first-order valence-electron chi connectivity index (χ1n) is 2.54. The molecule has 0 spiro atoms. The molecule has 0 saturated heterocycles. The fraction of sp³-hybridized carbons (Fsp3) is 0.600. The SMILES string of the molecule is CCOC(=O)CC(=O)O.[H-].[H-].[Mg+2]. The van der Waals surface area contributed by atoms with Crippen LogP contribution in [-0.2, 0) is 14.3 Å². The van der Waals surface area contributed by atoms with Crippen LogP contribution in [0.15, 0.2) is 0 Å². The van der Waals surface area contributed by atoms with Gasteiger partial charge in [-0.15, -0.1) is 0 Å². The van der Waals surface area contributed by atoms with E-state index in [4.69, 9.17) is 5.11 Å². The molecule has 0 aliphatic carbocycles. The molecule has 0 unspecified atom stereocenters. The number of rotatable bonds is 3. The van der Waals surface area contributed by atoms with Gasteiger partial charge in [-0.25, -0.2) is 0 Å². The minimum Gasteiger partial charge on any atom is -1.00 e. The van der Waals surface area contributed by atoms with Crippen molar-refractivity contribution in [1.29, 1.82) is 0 Å². The van der Waals surface area contributed by atoms with E-state index in [1.165, 1.54) is 0 Å². The monoisotopic (exact) mass is 158 g/mol. The molecule has 0 aromatic heterocycles. The molecular weight excluding hydrogens is 148 g/mol. The number of ether oxygens (including phenoxy) is 1. The zero-order valence-corrected chi connectivity index (χ0v) is 7.21. The Morgan fingerprint density at radius 3 is 2.40 bits per heavy atom. The number of carboxylic acids is 1. The molecule has 56 valence electrons. The van der Waals surface area contributed by atoms with Crippen LogP contribution in [0.25, 0.3) is 0 Å². The summed E-state index contributed by atoms with van der Waals surface area (Å²) in [6.07, 6.45) is -0.548. The topological polar surface area (TPSA) is 63.6 Å². The summed E-state index contributed by atoms with van der Waals surface area (Å²) in [6.45, 7) is 1.85. The zero-order chi connectivity index (χ0) is 7.28. The molecule has 0 aliphatic rings. The second-order valence-electron chi connectivity index (χ2n) is 1.38. The van der Waals surface area contributed by atoms with Crippen molar-refractivity contribution in [2.45, 2.75) is 13.3 Å². The Hall–Kier alpha value is -0.294. The Labute approximate surface area is 77.7 Å². The predicted octanol–water partition coefficient (Wildman–Crippen LogP) is -0.132. The van der Waals surface area contributed by atoms with Gasteiger partial charge in [-0.2, -0.15) is 0 Å². The number of aliphatic carboxylic acids is 1. The van der Waals surface area contributed by atoms with Crippen molar-refractivity contribution in [3.05, 3.63) is 0 Å². The predicted molar refractivity (Wildman–Crippen MR) is 36.9 cm³/mol. The normalized spacial score (nSPS) is 7.70. The van der Waals surface area contributed by atoms with E-state index in [9.17, 15) is 9.59 Å². The summed E-state index contributed by atoms with van der Waals surface area (Å²) < 4.78 is 4.33. The van der Waals surface area contributed by atoms with Crippen molar-refractivity contribution < 1.29 is 22.3 Å². The van der Waals surface area contributed by atoms with Crippen molar-refractivity contribution in [3.8, 4) is 0 Å². The molecule has 1 N–H and O–H groups in total. The second-order valence-corrected chi connectivity index (χ2v) is 1.38. The van der Waals surface area contributed by atoms with Gasteiger partial charge in [0.05, 0.1) is 6.61 Å². The van der Waals surface area contributed by atoms with Crippen molar-refractivity contribution in [2.75, 3.05) is 6.61 Å². The van der Waals surface area contributed by atoms with Gasteiger partial charge in [0.25, 0.3) is 0 Å². The van der Waals surface area contributed by atoms with Crippen LogP contribution in [0.2, 0.25) is 0 Å². The molecule has 0 aliphatic heterocycles. The van der Waals surface area contributed by atoms with Gasteiger partial charge in [0.15, 0.2) is 0 Å². The molecule has 0 heterocycles. The Balaban J connectivity index is -0.000000107. The Bertz CT molecular complexity index is 131. The molecule has 0 saturated carbocycles. The molecule has 0 bridgehead atoms. The van der Waals surface area contributed by atoms with Crippen LogP contribution in [0.1, 0.15) is 16.2 Å². The van der Waals surface area contributed by atoms with Crippen LogP contribution in [-0.4, -0.2) is 46.7 Å². The van der Waals surface area contributed by atoms with Crippen LogP contribution in [0.4, 0.5) is 0 Å². The molecular formula is C5H10MgO4. The van der Waals surface area contributed by atoms with Crippen LogP contribution in [0.3, 0.4) is 0 Å². The summed E-state index contributed by atoms with van der Waals surface area (Å²) in [5.41, 5.74) is 0. The van der Waals surface area contributed by atoms with Gasteiger partial charge >= 0.3 is 35.0 Å². The molecule has 0 rings (SSSR count). The van der Waals surface area contributed by atoms with Crippen molar-refractivity contribution in [1.82, 2.24) is 0 Å². The van der Waals surface area contributed by atoms with Crippen LogP contribution in [0, 0.1) is 0 Å². The van der Waals surface area contributed by atoms with Gasteiger partial charge in [0, 0.05) is 0 Å². The summed E-state index contributed by atoms with van der Waals surface area (Å²) in [4.78, 5) is 20.0. The fourth-order valence-corrected chi connectivity index (χ4v) is 0.335. The molecule has 0 aromatic carbocycles.